The van der Waals surface area contributed by atoms with Crippen LogP contribution in [-0.2, 0) is 4.79 Å². The first kappa shape index (κ1) is 43.0. The zero-order valence-corrected chi connectivity index (χ0v) is 28.0. The van der Waals surface area contributed by atoms with Crippen molar-refractivity contribution in [2.24, 2.45) is 34.4 Å². The summed E-state index contributed by atoms with van der Waals surface area (Å²) in [5, 5.41) is 8.45. The summed E-state index contributed by atoms with van der Waals surface area (Å²) >= 11 is 0. The molecule has 0 aliphatic heterocycles. The Hall–Kier alpha value is -2.05. The number of nitrogens with one attached hydrogen (secondary N) is 3. The molecule has 7 nitrogen and oxygen atoms in total. The highest BCUT2D eigenvalue weighted by atomic mass is 16.2. The summed E-state index contributed by atoms with van der Waals surface area (Å²) in [7, 11) is 0. The van der Waals surface area contributed by atoms with Crippen molar-refractivity contribution >= 4 is 17.8 Å². The summed E-state index contributed by atoms with van der Waals surface area (Å²) in [6.45, 7) is 32.8. The lowest BCUT2D eigenvalue weighted by Gasteiger charge is -2.11. The van der Waals surface area contributed by atoms with Crippen LogP contribution in [0.2, 0.25) is 0 Å². The van der Waals surface area contributed by atoms with Gasteiger partial charge in [-0.15, -0.1) is 0 Å². The van der Waals surface area contributed by atoms with Crippen LogP contribution in [0.25, 0.3) is 0 Å². The highest BCUT2D eigenvalue weighted by Crippen LogP contribution is 2.09. The fraction of sp³-hybridized carbons (Fsp3) is 0.839. The van der Waals surface area contributed by atoms with Gasteiger partial charge in [-0.1, -0.05) is 74.3 Å². The predicted octanol–water partition coefficient (Wildman–Crippen LogP) is 7.31. The fourth-order valence-corrected chi connectivity index (χ4v) is 2.32. The second-order valence-electron chi connectivity index (χ2n) is 12.4. The van der Waals surface area contributed by atoms with Crippen LogP contribution in [0.15, 0.2) is 17.1 Å². The smallest absolute Gasteiger partial charge is 0.315 e. The standard InChI is InChI=1S/C9H16O.C8H18.C7H17N3.C7H16N2O/c1-7(2)5-6-9(10)8(3)4;1-7(2)5-6-8(3)4;1-5(2)9-7(8)10-6(3)4;1-5(2)8-7(10)9-6(3)4/h5-8H,1-4H3;7-8H,5-6H2,1-4H3;5-6H,1-4H3,(H3,8,9,10);5-6H,1-4H3,(H2,8,9,10)/b6-5+;;;. The Labute approximate surface area is 237 Å². The van der Waals surface area contributed by atoms with Crippen molar-refractivity contribution < 1.29 is 9.59 Å². The molecule has 0 saturated carbocycles. The Morgan fingerprint density at radius 3 is 1.26 bits per heavy atom. The van der Waals surface area contributed by atoms with E-state index in [4.69, 9.17) is 5.73 Å². The minimum Gasteiger partial charge on any atom is -0.370 e. The van der Waals surface area contributed by atoms with Gasteiger partial charge in [-0.3, -0.25) is 9.79 Å². The van der Waals surface area contributed by atoms with E-state index in [0.29, 0.717) is 17.9 Å². The van der Waals surface area contributed by atoms with E-state index < -0.39 is 0 Å². The number of nitrogens with two attached hydrogens (primary N) is 1. The molecule has 0 radical (unpaired) electrons. The maximum atomic E-state index is 11.0. The van der Waals surface area contributed by atoms with Gasteiger partial charge < -0.3 is 21.7 Å². The average Bonchev–Trinajstić information content (AvgIpc) is 2.69. The van der Waals surface area contributed by atoms with Crippen LogP contribution >= 0.6 is 0 Å². The molecule has 0 aliphatic carbocycles. The molecule has 0 aromatic rings. The van der Waals surface area contributed by atoms with Crippen LogP contribution in [0.4, 0.5) is 4.79 Å². The molecule has 0 aromatic carbocycles. The number of amides is 2. The molecular weight excluding hydrogens is 474 g/mol. The number of allylic oxidation sites excluding steroid dienone is 2. The van der Waals surface area contributed by atoms with Gasteiger partial charge in [0, 0.05) is 30.1 Å². The largest absolute Gasteiger partial charge is 0.370 e. The molecule has 0 heterocycles. The van der Waals surface area contributed by atoms with Gasteiger partial charge in [0.25, 0.3) is 0 Å². The summed E-state index contributed by atoms with van der Waals surface area (Å²) in [5.74, 6) is 3.13. The fourth-order valence-electron chi connectivity index (χ4n) is 2.32. The SMILES string of the molecule is CC(C)/C=C/C(=O)C(C)C.CC(C)CCC(C)C.CC(C)N=C(N)NC(C)C.CC(C)NC(=O)NC(C)C. The van der Waals surface area contributed by atoms with Crippen LogP contribution in [0.1, 0.15) is 124 Å². The Balaban J connectivity index is -0.000000204. The van der Waals surface area contributed by atoms with Crippen LogP contribution in [0.3, 0.4) is 0 Å². The number of hydrogen-bond acceptors (Lipinski definition) is 3. The summed E-state index contributed by atoms with van der Waals surface area (Å²) < 4.78 is 0. The van der Waals surface area contributed by atoms with Crippen molar-refractivity contribution in [2.45, 2.75) is 148 Å². The second kappa shape index (κ2) is 26.6. The second-order valence-corrected chi connectivity index (χ2v) is 12.4. The molecule has 0 unspecified atom stereocenters. The highest BCUT2D eigenvalue weighted by Gasteiger charge is 2.02. The third kappa shape index (κ3) is 47.2. The van der Waals surface area contributed by atoms with Gasteiger partial charge >= 0.3 is 6.03 Å². The molecule has 2 amide bonds. The first-order valence-electron chi connectivity index (χ1n) is 14.6. The van der Waals surface area contributed by atoms with Crippen molar-refractivity contribution in [1.82, 2.24) is 16.0 Å². The Kier molecular flexibility index (Phi) is 30.1. The van der Waals surface area contributed by atoms with Crippen LogP contribution in [-0.4, -0.2) is 41.9 Å². The van der Waals surface area contributed by atoms with Gasteiger partial charge in [0.1, 0.15) is 0 Å². The molecule has 0 saturated heterocycles. The van der Waals surface area contributed by atoms with Crippen molar-refractivity contribution in [2.75, 3.05) is 0 Å². The van der Waals surface area contributed by atoms with Gasteiger partial charge in [-0.25, -0.2) is 4.79 Å². The van der Waals surface area contributed by atoms with E-state index in [-0.39, 0.29) is 35.9 Å². The van der Waals surface area contributed by atoms with Crippen LogP contribution < -0.4 is 21.7 Å². The normalized spacial score (nSPS) is 11.5. The third-order valence-corrected chi connectivity index (χ3v) is 4.21. The maximum absolute atomic E-state index is 11.0. The van der Waals surface area contributed by atoms with E-state index in [9.17, 15) is 9.59 Å². The third-order valence-electron chi connectivity index (χ3n) is 4.21. The number of hydrogen-bond donors (Lipinski definition) is 4. The lowest BCUT2D eigenvalue weighted by molar-refractivity contribution is -0.117. The van der Waals surface area contributed by atoms with Gasteiger partial charge in [0.2, 0.25) is 0 Å². The quantitative estimate of drug-likeness (QED) is 0.132. The molecule has 5 N–H and O–H groups in total. The first-order chi connectivity index (χ1) is 17.2. The average molecular weight is 542 g/mol. The van der Waals surface area contributed by atoms with Crippen molar-refractivity contribution in [3.63, 3.8) is 0 Å². The number of guanidine groups is 1. The number of aliphatic imine (C=N–C) groups is 1. The van der Waals surface area contributed by atoms with E-state index in [1.807, 2.05) is 75.3 Å². The number of carbonyl (C=O) groups is 2. The minimum absolute atomic E-state index is 0.0926. The summed E-state index contributed by atoms with van der Waals surface area (Å²) in [6.07, 6.45) is 6.38. The monoisotopic (exact) mass is 542 g/mol. The zero-order chi connectivity index (χ0) is 31.0. The summed E-state index contributed by atoms with van der Waals surface area (Å²) in [5.41, 5.74) is 5.51. The Morgan fingerprint density at radius 1 is 0.658 bits per heavy atom. The molecule has 0 atom stereocenters. The van der Waals surface area contributed by atoms with E-state index in [2.05, 4.69) is 62.5 Å². The van der Waals surface area contributed by atoms with E-state index in [0.717, 1.165) is 11.8 Å². The molecule has 0 rings (SSSR count). The molecule has 7 heteroatoms. The summed E-state index contributed by atoms with van der Waals surface area (Å²) in [6, 6.07) is 0.955. The Bertz CT molecular complexity index is 600. The van der Waals surface area contributed by atoms with Gasteiger partial charge in [-0.05, 0) is 79.2 Å². The molecule has 38 heavy (non-hydrogen) atoms. The number of carbonyl (C=O) groups excluding carboxylic acids is 2. The number of ketones is 1. The number of rotatable bonds is 10. The molecule has 0 fully saturated rings. The van der Waals surface area contributed by atoms with Crippen molar-refractivity contribution in [3.05, 3.63) is 12.2 Å². The lowest BCUT2D eigenvalue weighted by Crippen LogP contribution is -2.42. The van der Waals surface area contributed by atoms with Gasteiger partial charge in [-0.2, -0.15) is 0 Å². The maximum Gasteiger partial charge on any atom is 0.315 e. The summed E-state index contributed by atoms with van der Waals surface area (Å²) in [4.78, 5) is 25.9. The number of nitrogens with zero attached hydrogens (tertiary/aromatic N) is 1. The molecule has 0 bridgehead atoms. The first-order valence-corrected chi connectivity index (χ1v) is 14.6. The molecule has 0 aliphatic rings. The number of urea groups is 1. The molecule has 0 aromatic heterocycles. The minimum atomic E-state index is -0.0926. The molecule has 0 spiro atoms. The van der Waals surface area contributed by atoms with Crippen molar-refractivity contribution in [1.29, 1.82) is 0 Å². The van der Waals surface area contributed by atoms with Gasteiger partial charge in [0.15, 0.2) is 11.7 Å². The van der Waals surface area contributed by atoms with E-state index >= 15 is 0 Å². The van der Waals surface area contributed by atoms with Crippen molar-refractivity contribution in [3.8, 4) is 0 Å². The molecular formula is C31H67N5O2. The van der Waals surface area contributed by atoms with E-state index in [1.165, 1.54) is 12.8 Å². The van der Waals surface area contributed by atoms with E-state index in [1.54, 1.807) is 6.08 Å². The lowest BCUT2D eigenvalue weighted by atomic mass is 10.0. The topological polar surface area (TPSA) is 109 Å². The Morgan fingerprint density at radius 2 is 1.03 bits per heavy atom. The predicted molar refractivity (Wildman–Crippen MR) is 170 cm³/mol. The highest BCUT2D eigenvalue weighted by molar-refractivity contribution is 5.91. The molecule has 228 valence electrons. The van der Waals surface area contributed by atoms with Crippen LogP contribution in [0, 0.1) is 23.7 Å². The van der Waals surface area contributed by atoms with Gasteiger partial charge in [0.05, 0.1) is 0 Å². The zero-order valence-electron chi connectivity index (χ0n) is 28.0. The van der Waals surface area contributed by atoms with Crippen LogP contribution in [0.5, 0.6) is 0 Å².